The molecule has 1 aromatic heterocycles. The average molecular weight is 321 g/mol. The second-order valence-corrected chi connectivity index (χ2v) is 5.20. The van der Waals surface area contributed by atoms with Crippen molar-refractivity contribution in [2.24, 2.45) is 0 Å². The highest BCUT2D eigenvalue weighted by Gasteiger charge is 2.07. The number of carboxylic acid groups (broad SMARTS) is 1. The Labute approximate surface area is 138 Å². The molecule has 1 heterocycles. The Morgan fingerprint density at radius 2 is 1.88 bits per heavy atom. The molecule has 0 fully saturated rings. The van der Waals surface area contributed by atoms with Crippen LogP contribution in [-0.4, -0.2) is 26.8 Å². The van der Waals surface area contributed by atoms with Gasteiger partial charge in [0.05, 0.1) is 11.7 Å². The molecule has 2 N–H and O–H groups in total. The number of carbonyl (C=O) groups excluding carboxylic acids is 1. The fourth-order valence-electron chi connectivity index (χ4n) is 2.33. The molecule has 0 aliphatic rings. The Kier molecular flexibility index (Phi) is 4.38. The van der Waals surface area contributed by atoms with Crippen LogP contribution in [0.2, 0.25) is 0 Å². The van der Waals surface area contributed by atoms with Gasteiger partial charge in [-0.15, -0.1) is 0 Å². The Morgan fingerprint density at radius 3 is 2.62 bits per heavy atom. The van der Waals surface area contributed by atoms with Crippen molar-refractivity contribution >= 4 is 34.5 Å². The average Bonchev–Trinajstić information content (AvgIpc) is 2.97. The van der Waals surface area contributed by atoms with Crippen LogP contribution in [0.5, 0.6) is 0 Å². The SMILES string of the molecule is O=C(O)C=Cc1ccc(NC(=O)Cn2ncc3ccccc32)cc1. The zero-order chi connectivity index (χ0) is 16.9. The van der Waals surface area contributed by atoms with E-state index in [-0.39, 0.29) is 12.5 Å². The third kappa shape index (κ3) is 3.67. The van der Waals surface area contributed by atoms with Crippen molar-refractivity contribution in [3.63, 3.8) is 0 Å². The molecule has 0 bridgehead atoms. The van der Waals surface area contributed by atoms with E-state index in [1.165, 1.54) is 6.08 Å². The summed E-state index contributed by atoms with van der Waals surface area (Å²) < 4.78 is 1.65. The first kappa shape index (κ1) is 15.5. The molecule has 0 aliphatic heterocycles. The minimum absolute atomic E-state index is 0.119. The van der Waals surface area contributed by atoms with E-state index in [2.05, 4.69) is 10.4 Å². The van der Waals surface area contributed by atoms with Crippen LogP contribution in [0.15, 0.2) is 60.8 Å². The van der Waals surface area contributed by atoms with Gasteiger partial charge in [0, 0.05) is 17.1 Å². The van der Waals surface area contributed by atoms with E-state index in [1.807, 2.05) is 24.3 Å². The zero-order valence-electron chi connectivity index (χ0n) is 12.7. The summed E-state index contributed by atoms with van der Waals surface area (Å²) in [4.78, 5) is 22.6. The summed E-state index contributed by atoms with van der Waals surface area (Å²) in [6.45, 7) is 0.119. The third-order valence-corrected chi connectivity index (χ3v) is 3.46. The lowest BCUT2D eigenvalue weighted by Crippen LogP contribution is -2.19. The summed E-state index contributed by atoms with van der Waals surface area (Å²) in [7, 11) is 0. The van der Waals surface area contributed by atoms with Gasteiger partial charge in [-0.05, 0) is 29.8 Å². The fourth-order valence-corrected chi connectivity index (χ4v) is 2.33. The van der Waals surface area contributed by atoms with Gasteiger partial charge in [-0.3, -0.25) is 9.48 Å². The van der Waals surface area contributed by atoms with E-state index in [9.17, 15) is 9.59 Å². The minimum atomic E-state index is -1.00. The van der Waals surface area contributed by atoms with E-state index in [1.54, 1.807) is 35.1 Å². The summed E-state index contributed by atoms with van der Waals surface area (Å²) in [6, 6.07) is 14.6. The van der Waals surface area contributed by atoms with Crippen LogP contribution in [0.25, 0.3) is 17.0 Å². The second kappa shape index (κ2) is 6.78. The van der Waals surface area contributed by atoms with Crippen LogP contribution in [-0.2, 0) is 16.1 Å². The van der Waals surface area contributed by atoms with Gasteiger partial charge in [0.25, 0.3) is 0 Å². The number of aromatic nitrogens is 2. The summed E-state index contributed by atoms with van der Waals surface area (Å²) in [5.41, 5.74) is 2.29. The highest BCUT2D eigenvalue weighted by Crippen LogP contribution is 2.14. The molecule has 0 atom stereocenters. The molecule has 3 rings (SSSR count). The maximum absolute atomic E-state index is 12.2. The van der Waals surface area contributed by atoms with Crippen LogP contribution in [0.3, 0.4) is 0 Å². The van der Waals surface area contributed by atoms with Crippen molar-refractivity contribution in [1.82, 2.24) is 9.78 Å². The van der Waals surface area contributed by atoms with Gasteiger partial charge in [0.2, 0.25) is 5.91 Å². The molecule has 0 radical (unpaired) electrons. The second-order valence-electron chi connectivity index (χ2n) is 5.20. The van der Waals surface area contributed by atoms with Crippen LogP contribution in [0.4, 0.5) is 5.69 Å². The highest BCUT2D eigenvalue weighted by atomic mass is 16.4. The van der Waals surface area contributed by atoms with Gasteiger partial charge >= 0.3 is 5.97 Å². The molecule has 2 aromatic carbocycles. The number of para-hydroxylation sites is 1. The zero-order valence-corrected chi connectivity index (χ0v) is 12.7. The van der Waals surface area contributed by atoms with Crippen LogP contribution in [0.1, 0.15) is 5.56 Å². The van der Waals surface area contributed by atoms with Crippen LogP contribution >= 0.6 is 0 Å². The third-order valence-electron chi connectivity index (χ3n) is 3.46. The van der Waals surface area contributed by atoms with Gasteiger partial charge < -0.3 is 10.4 Å². The molecule has 0 saturated carbocycles. The molecule has 3 aromatic rings. The predicted octanol–water partition coefficient (Wildman–Crippen LogP) is 2.77. The van der Waals surface area contributed by atoms with Crippen molar-refractivity contribution in [1.29, 1.82) is 0 Å². The van der Waals surface area contributed by atoms with Gasteiger partial charge in [0.1, 0.15) is 6.54 Å². The van der Waals surface area contributed by atoms with Crippen molar-refractivity contribution in [2.45, 2.75) is 6.54 Å². The molecule has 120 valence electrons. The monoisotopic (exact) mass is 321 g/mol. The number of aliphatic carboxylic acids is 1. The number of anilines is 1. The Bertz CT molecular complexity index is 911. The molecule has 24 heavy (non-hydrogen) atoms. The fraction of sp³-hybridized carbons (Fsp3) is 0.0556. The maximum atomic E-state index is 12.2. The van der Waals surface area contributed by atoms with E-state index in [4.69, 9.17) is 5.11 Å². The predicted molar refractivity (Wildman–Crippen MR) is 91.5 cm³/mol. The minimum Gasteiger partial charge on any atom is -0.478 e. The smallest absolute Gasteiger partial charge is 0.328 e. The molecule has 1 amide bonds. The van der Waals surface area contributed by atoms with E-state index in [0.717, 1.165) is 22.5 Å². The molecule has 6 nitrogen and oxygen atoms in total. The van der Waals surface area contributed by atoms with Crippen molar-refractivity contribution < 1.29 is 14.7 Å². The topological polar surface area (TPSA) is 84.2 Å². The van der Waals surface area contributed by atoms with Gasteiger partial charge in [-0.1, -0.05) is 30.3 Å². The summed E-state index contributed by atoms with van der Waals surface area (Å²) in [5, 5.41) is 16.6. The summed E-state index contributed by atoms with van der Waals surface area (Å²) in [6.07, 6.45) is 4.28. The number of benzene rings is 2. The number of hydrogen-bond acceptors (Lipinski definition) is 3. The molecule has 0 saturated heterocycles. The van der Waals surface area contributed by atoms with E-state index < -0.39 is 5.97 Å². The lowest BCUT2D eigenvalue weighted by atomic mass is 10.2. The Balaban J connectivity index is 1.65. The van der Waals surface area contributed by atoms with Crippen molar-refractivity contribution in [3.05, 3.63) is 66.4 Å². The Hall–Kier alpha value is -3.41. The van der Waals surface area contributed by atoms with E-state index in [0.29, 0.717) is 5.69 Å². The Morgan fingerprint density at radius 1 is 1.12 bits per heavy atom. The van der Waals surface area contributed by atoms with E-state index >= 15 is 0 Å². The van der Waals surface area contributed by atoms with Gasteiger partial charge in [-0.2, -0.15) is 5.10 Å². The molecule has 0 aliphatic carbocycles. The van der Waals surface area contributed by atoms with Gasteiger partial charge in [0.15, 0.2) is 0 Å². The molecule has 0 unspecified atom stereocenters. The lowest BCUT2D eigenvalue weighted by Gasteiger charge is -2.06. The molecule has 6 heteroatoms. The number of nitrogens with one attached hydrogen (secondary N) is 1. The first-order valence-electron chi connectivity index (χ1n) is 7.33. The van der Waals surface area contributed by atoms with Crippen LogP contribution in [0, 0.1) is 0 Å². The number of carbonyl (C=O) groups is 2. The standard InChI is InChI=1S/C18H15N3O3/c22-17(12-21-16-4-2-1-3-14(16)11-19-21)20-15-8-5-13(6-9-15)7-10-18(23)24/h1-11H,12H2,(H,20,22)(H,23,24). The summed E-state index contributed by atoms with van der Waals surface area (Å²) >= 11 is 0. The molecular formula is C18H15N3O3. The first-order chi connectivity index (χ1) is 11.6. The summed E-state index contributed by atoms with van der Waals surface area (Å²) in [5.74, 6) is -1.18. The van der Waals surface area contributed by atoms with Crippen molar-refractivity contribution in [2.75, 3.05) is 5.32 Å². The number of carboxylic acids is 1. The number of rotatable bonds is 5. The maximum Gasteiger partial charge on any atom is 0.328 e. The number of fused-ring (bicyclic) bond motifs is 1. The van der Waals surface area contributed by atoms with Gasteiger partial charge in [-0.25, -0.2) is 4.79 Å². The largest absolute Gasteiger partial charge is 0.478 e. The highest BCUT2D eigenvalue weighted by molar-refractivity contribution is 5.92. The van der Waals surface area contributed by atoms with Crippen molar-refractivity contribution in [3.8, 4) is 0 Å². The normalized spacial score (nSPS) is 11.0. The first-order valence-corrected chi connectivity index (χ1v) is 7.33. The number of nitrogens with zero attached hydrogens (tertiary/aromatic N) is 2. The van der Waals surface area contributed by atoms with Crippen LogP contribution < -0.4 is 5.32 Å². The molecule has 0 spiro atoms. The number of amides is 1. The molecular weight excluding hydrogens is 306 g/mol. The number of hydrogen-bond donors (Lipinski definition) is 2. The lowest BCUT2D eigenvalue weighted by molar-refractivity contribution is -0.131. The quantitative estimate of drug-likeness (QED) is 0.708.